The van der Waals surface area contributed by atoms with E-state index in [1.54, 1.807) is 0 Å². The maximum Gasteiger partial charge on any atom is 0.141 e. The predicted octanol–water partition coefficient (Wildman–Crippen LogP) is 5.06. The lowest BCUT2D eigenvalue weighted by Crippen LogP contribution is -2.23. The van der Waals surface area contributed by atoms with Crippen molar-refractivity contribution in [2.24, 2.45) is 0 Å². The standard InChI is InChI=1S/C16H18Cl2N2/c1-4-8-12-13(17)19-15(20-14(12)18)16(2,3)11-9-6-5-7-10-11/h5-7,9-10H,4,8H2,1-3H3. The summed E-state index contributed by atoms with van der Waals surface area (Å²) in [6, 6.07) is 10.1. The molecule has 0 aliphatic heterocycles. The molecule has 106 valence electrons. The molecule has 1 aromatic heterocycles. The molecular formula is C16H18Cl2N2. The van der Waals surface area contributed by atoms with E-state index in [1.165, 1.54) is 0 Å². The number of benzene rings is 1. The molecular weight excluding hydrogens is 291 g/mol. The zero-order chi connectivity index (χ0) is 14.8. The second-order valence-corrected chi connectivity index (χ2v) is 6.06. The number of hydrogen-bond donors (Lipinski definition) is 0. The van der Waals surface area contributed by atoms with Gasteiger partial charge in [-0.2, -0.15) is 0 Å². The molecule has 1 aromatic carbocycles. The van der Waals surface area contributed by atoms with Crippen LogP contribution in [0.2, 0.25) is 10.3 Å². The maximum absolute atomic E-state index is 6.27. The van der Waals surface area contributed by atoms with E-state index >= 15 is 0 Å². The molecule has 0 N–H and O–H groups in total. The van der Waals surface area contributed by atoms with Crippen molar-refractivity contribution in [2.45, 2.75) is 39.0 Å². The third-order valence-electron chi connectivity index (χ3n) is 3.46. The molecule has 4 heteroatoms. The fraction of sp³-hybridized carbons (Fsp3) is 0.375. The molecule has 0 aliphatic carbocycles. The Morgan fingerprint density at radius 3 is 2.05 bits per heavy atom. The van der Waals surface area contributed by atoms with E-state index in [9.17, 15) is 0 Å². The predicted molar refractivity (Wildman–Crippen MR) is 84.6 cm³/mol. The van der Waals surface area contributed by atoms with Gasteiger partial charge in [0.25, 0.3) is 0 Å². The second kappa shape index (κ2) is 6.11. The monoisotopic (exact) mass is 308 g/mol. The molecule has 1 heterocycles. The van der Waals surface area contributed by atoms with Crippen LogP contribution in [-0.4, -0.2) is 9.97 Å². The van der Waals surface area contributed by atoms with Crippen LogP contribution < -0.4 is 0 Å². The van der Waals surface area contributed by atoms with Gasteiger partial charge in [-0.1, -0.05) is 66.9 Å². The molecule has 0 saturated carbocycles. The van der Waals surface area contributed by atoms with Crippen molar-refractivity contribution in [3.63, 3.8) is 0 Å². The highest BCUT2D eigenvalue weighted by atomic mass is 35.5. The Bertz CT molecular complexity index is 572. The number of aromatic nitrogens is 2. The third kappa shape index (κ3) is 2.97. The minimum atomic E-state index is -0.334. The molecule has 0 fully saturated rings. The van der Waals surface area contributed by atoms with Crippen LogP contribution in [0.3, 0.4) is 0 Å². The number of nitrogens with zero attached hydrogens (tertiary/aromatic N) is 2. The summed E-state index contributed by atoms with van der Waals surface area (Å²) in [5.74, 6) is 0.651. The van der Waals surface area contributed by atoms with Gasteiger partial charge in [0, 0.05) is 11.0 Å². The first-order chi connectivity index (χ1) is 9.46. The van der Waals surface area contributed by atoms with Crippen LogP contribution in [0.1, 0.15) is 44.1 Å². The van der Waals surface area contributed by atoms with Gasteiger partial charge in [-0.3, -0.25) is 0 Å². The van der Waals surface area contributed by atoms with Crippen LogP contribution >= 0.6 is 23.2 Å². The van der Waals surface area contributed by atoms with Crippen LogP contribution in [0.4, 0.5) is 0 Å². The molecule has 0 saturated heterocycles. The van der Waals surface area contributed by atoms with Gasteiger partial charge < -0.3 is 0 Å². The smallest absolute Gasteiger partial charge is 0.141 e. The zero-order valence-electron chi connectivity index (χ0n) is 12.0. The highest BCUT2D eigenvalue weighted by Gasteiger charge is 2.28. The van der Waals surface area contributed by atoms with Gasteiger partial charge in [0.15, 0.2) is 0 Å². The molecule has 0 aliphatic rings. The number of hydrogen-bond acceptors (Lipinski definition) is 2. The van der Waals surface area contributed by atoms with Crippen molar-refractivity contribution in [3.8, 4) is 0 Å². The normalized spacial score (nSPS) is 11.7. The zero-order valence-corrected chi connectivity index (χ0v) is 13.5. The summed E-state index contributed by atoms with van der Waals surface area (Å²) in [5, 5.41) is 0.928. The fourth-order valence-corrected chi connectivity index (χ4v) is 2.73. The molecule has 0 spiro atoms. The van der Waals surface area contributed by atoms with Crippen molar-refractivity contribution in [1.82, 2.24) is 9.97 Å². The van der Waals surface area contributed by atoms with Crippen LogP contribution in [0.5, 0.6) is 0 Å². The molecule has 0 amide bonds. The van der Waals surface area contributed by atoms with Crippen LogP contribution in [0.25, 0.3) is 0 Å². The Kier molecular flexibility index (Phi) is 4.66. The molecule has 0 atom stereocenters. The lowest BCUT2D eigenvalue weighted by Gasteiger charge is -2.24. The minimum Gasteiger partial charge on any atom is -0.220 e. The first-order valence-corrected chi connectivity index (χ1v) is 7.50. The van der Waals surface area contributed by atoms with E-state index in [0.29, 0.717) is 16.1 Å². The summed E-state index contributed by atoms with van der Waals surface area (Å²) in [7, 11) is 0. The average molecular weight is 309 g/mol. The Morgan fingerprint density at radius 2 is 1.55 bits per heavy atom. The van der Waals surface area contributed by atoms with E-state index in [0.717, 1.165) is 24.0 Å². The van der Waals surface area contributed by atoms with E-state index in [4.69, 9.17) is 23.2 Å². The maximum atomic E-state index is 6.27. The van der Waals surface area contributed by atoms with Crippen LogP contribution in [-0.2, 0) is 11.8 Å². The van der Waals surface area contributed by atoms with Crippen molar-refractivity contribution < 1.29 is 0 Å². The summed E-state index contributed by atoms with van der Waals surface area (Å²) >= 11 is 12.5. The molecule has 0 radical (unpaired) electrons. The van der Waals surface area contributed by atoms with E-state index in [2.05, 4.69) is 42.9 Å². The van der Waals surface area contributed by atoms with Crippen LogP contribution in [0, 0.1) is 0 Å². The van der Waals surface area contributed by atoms with E-state index < -0.39 is 0 Å². The summed E-state index contributed by atoms with van der Waals surface area (Å²) in [5.41, 5.74) is 1.64. The molecule has 0 unspecified atom stereocenters. The molecule has 20 heavy (non-hydrogen) atoms. The van der Waals surface area contributed by atoms with Gasteiger partial charge in [0.1, 0.15) is 16.1 Å². The lowest BCUT2D eigenvalue weighted by atomic mass is 9.84. The SMILES string of the molecule is CCCc1c(Cl)nc(C(C)(C)c2ccccc2)nc1Cl. The minimum absolute atomic E-state index is 0.334. The quantitative estimate of drug-likeness (QED) is 0.738. The Labute approximate surface area is 130 Å². The fourth-order valence-electron chi connectivity index (χ4n) is 2.15. The number of halogens is 2. The second-order valence-electron chi connectivity index (χ2n) is 5.35. The highest BCUT2D eigenvalue weighted by Crippen LogP contribution is 2.32. The highest BCUT2D eigenvalue weighted by molar-refractivity contribution is 6.34. The molecule has 0 bridgehead atoms. The number of rotatable bonds is 4. The summed E-state index contributed by atoms with van der Waals surface area (Å²) in [6.45, 7) is 6.22. The third-order valence-corrected chi connectivity index (χ3v) is 4.09. The molecule has 2 nitrogen and oxygen atoms in total. The van der Waals surface area contributed by atoms with Gasteiger partial charge in [0.2, 0.25) is 0 Å². The largest absolute Gasteiger partial charge is 0.220 e. The van der Waals surface area contributed by atoms with E-state index in [-0.39, 0.29) is 5.41 Å². The average Bonchev–Trinajstić information content (AvgIpc) is 2.43. The van der Waals surface area contributed by atoms with Crippen LogP contribution in [0.15, 0.2) is 30.3 Å². The summed E-state index contributed by atoms with van der Waals surface area (Å²) in [4.78, 5) is 8.94. The van der Waals surface area contributed by atoms with Crippen molar-refractivity contribution in [1.29, 1.82) is 0 Å². The lowest BCUT2D eigenvalue weighted by molar-refractivity contribution is 0.588. The molecule has 2 rings (SSSR count). The van der Waals surface area contributed by atoms with Gasteiger partial charge in [-0.05, 0) is 25.8 Å². The molecule has 2 aromatic rings. The Morgan fingerprint density at radius 1 is 1.00 bits per heavy atom. The summed E-state index contributed by atoms with van der Waals surface area (Å²) in [6.07, 6.45) is 1.76. The Hall–Kier alpha value is -1.12. The topological polar surface area (TPSA) is 25.8 Å². The van der Waals surface area contributed by atoms with Crippen molar-refractivity contribution in [3.05, 3.63) is 57.6 Å². The Balaban J connectivity index is 2.48. The van der Waals surface area contributed by atoms with Crippen molar-refractivity contribution >= 4 is 23.2 Å². The first kappa shape index (κ1) is 15.3. The van der Waals surface area contributed by atoms with E-state index in [1.807, 2.05) is 18.2 Å². The van der Waals surface area contributed by atoms with Gasteiger partial charge in [-0.15, -0.1) is 0 Å². The summed E-state index contributed by atoms with van der Waals surface area (Å²) < 4.78 is 0. The van der Waals surface area contributed by atoms with Gasteiger partial charge >= 0.3 is 0 Å². The first-order valence-electron chi connectivity index (χ1n) is 6.74. The van der Waals surface area contributed by atoms with Gasteiger partial charge in [0.05, 0.1) is 0 Å². The van der Waals surface area contributed by atoms with Gasteiger partial charge in [-0.25, -0.2) is 9.97 Å². The van der Waals surface area contributed by atoms with Crippen molar-refractivity contribution in [2.75, 3.05) is 0 Å².